The van der Waals surface area contributed by atoms with E-state index in [1.165, 1.54) is 11.1 Å². The van der Waals surface area contributed by atoms with E-state index >= 15 is 0 Å². The molecule has 0 atom stereocenters. The molecule has 1 aliphatic heterocycles. The Labute approximate surface area is 109 Å². The Morgan fingerprint density at radius 2 is 2.11 bits per heavy atom. The lowest BCUT2D eigenvalue weighted by Crippen LogP contribution is -2.03. The second-order valence-corrected chi connectivity index (χ2v) is 4.35. The highest BCUT2D eigenvalue weighted by atomic mass is 16.5. The lowest BCUT2D eigenvalue weighted by atomic mass is 10.2. The van der Waals surface area contributed by atoms with Crippen LogP contribution < -0.4 is 0 Å². The van der Waals surface area contributed by atoms with E-state index in [2.05, 4.69) is 30.4 Å². The lowest BCUT2D eigenvalue weighted by Gasteiger charge is -2.09. The highest BCUT2D eigenvalue weighted by Crippen LogP contribution is 2.07. The van der Waals surface area contributed by atoms with E-state index in [-0.39, 0.29) is 0 Å². The summed E-state index contributed by atoms with van der Waals surface area (Å²) in [5.41, 5.74) is 2.51. The van der Waals surface area contributed by atoms with Crippen LogP contribution in [-0.4, -0.2) is 19.8 Å². The Morgan fingerprint density at radius 3 is 2.89 bits per heavy atom. The topological polar surface area (TPSA) is 18.5 Å². The van der Waals surface area contributed by atoms with Crippen molar-refractivity contribution in [1.82, 2.24) is 0 Å². The van der Waals surface area contributed by atoms with Crippen LogP contribution in [0.4, 0.5) is 0 Å². The quantitative estimate of drug-likeness (QED) is 0.713. The monoisotopic (exact) mass is 244 g/mol. The van der Waals surface area contributed by atoms with Crippen molar-refractivity contribution in [2.24, 2.45) is 0 Å². The van der Waals surface area contributed by atoms with Crippen LogP contribution in [0.25, 0.3) is 0 Å². The van der Waals surface area contributed by atoms with Gasteiger partial charge in [-0.05, 0) is 24.0 Å². The molecular formula is C16H20O2. The minimum absolute atomic E-state index is 0.695. The van der Waals surface area contributed by atoms with Crippen LogP contribution >= 0.6 is 0 Å². The molecule has 0 aliphatic carbocycles. The molecule has 1 aromatic carbocycles. The first-order valence-electron chi connectivity index (χ1n) is 6.50. The second-order valence-electron chi connectivity index (χ2n) is 4.35. The molecule has 1 aromatic rings. The minimum atomic E-state index is 0.695. The first-order chi connectivity index (χ1) is 8.95. The van der Waals surface area contributed by atoms with Crippen LogP contribution in [0.2, 0.25) is 0 Å². The minimum Gasteiger partial charge on any atom is -0.376 e. The van der Waals surface area contributed by atoms with E-state index in [9.17, 15) is 0 Å². The summed E-state index contributed by atoms with van der Waals surface area (Å²) in [4.78, 5) is 0. The third-order valence-corrected chi connectivity index (χ3v) is 2.81. The van der Waals surface area contributed by atoms with E-state index in [0.29, 0.717) is 6.61 Å². The Balaban J connectivity index is 1.58. The van der Waals surface area contributed by atoms with Gasteiger partial charge < -0.3 is 9.47 Å². The van der Waals surface area contributed by atoms with Gasteiger partial charge in [-0.1, -0.05) is 48.6 Å². The number of hydrogen-bond acceptors (Lipinski definition) is 2. The summed E-state index contributed by atoms with van der Waals surface area (Å²) >= 11 is 0. The van der Waals surface area contributed by atoms with Crippen molar-refractivity contribution < 1.29 is 9.47 Å². The van der Waals surface area contributed by atoms with Crippen molar-refractivity contribution in [2.75, 3.05) is 19.8 Å². The number of hydrogen-bond donors (Lipinski definition) is 0. The van der Waals surface area contributed by atoms with Crippen LogP contribution in [0.5, 0.6) is 0 Å². The van der Waals surface area contributed by atoms with Gasteiger partial charge in [0.2, 0.25) is 0 Å². The average Bonchev–Trinajstić information content (AvgIpc) is 2.45. The van der Waals surface area contributed by atoms with Crippen LogP contribution in [0.1, 0.15) is 18.4 Å². The third-order valence-electron chi connectivity index (χ3n) is 2.81. The van der Waals surface area contributed by atoms with Crippen molar-refractivity contribution in [3.8, 4) is 0 Å². The molecule has 0 spiro atoms. The SMILES string of the molecule is C(=CC1=CCCOC1)CCOCc1ccccc1. The van der Waals surface area contributed by atoms with Gasteiger partial charge in [0, 0.05) is 0 Å². The molecule has 2 nitrogen and oxygen atoms in total. The van der Waals surface area contributed by atoms with Crippen molar-refractivity contribution in [2.45, 2.75) is 19.4 Å². The summed E-state index contributed by atoms with van der Waals surface area (Å²) in [6, 6.07) is 10.3. The highest BCUT2D eigenvalue weighted by molar-refractivity contribution is 5.20. The summed E-state index contributed by atoms with van der Waals surface area (Å²) < 4.78 is 11.0. The summed E-state index contributed by atoms with van der Waals surface area (Å²) in [6.07, 6.45) is 8.52. The Kier molecular flexibility index (Phi) is 5.70. The van der Waals surface area contributed by atoms with Gasteiger partial charge >= 0.3 is 0 Å². The van der Waals surface area contributed by atoms with E-state index in [1.807, 2.05) is 18.2 Å². The fourth-order valence-corrected chi connectivity index (χ4v) is 1.84. The van der Waals surface area contributed by atoms with Gasteiger partial charge in [0.05, 0.1) is 26.4 Å². The molecule has 2 heteroatoms. The molecule has 0 saturated heterocycles. The maximum Gasteiger partial charge on any atom is 0.0717 e. The van der Waals surface area contributed by atoms with Crippen LogP contribution in [0.15, 0.2) is 54.1 Å². The fraction of sp³-hybridized carbons (Fsp3) is 0.375. The Bertz CT molecular complexity index is 393. The predicted molar refractivity (Wildman–Crippen MR) is 73.4 cm³/mol. The standard InChI is InChI=1S/C16H20O2/c1-2-7-15(8-3-1)13-17-11-5-4-9-16-10-6-12-18-14-16/h1-4,7-10H,5-6,11-14H2. The van der Waals surface area contributed by atoms with Crippen LogP contribution in [0, 0.1) is 0 Å². The maximum atomic E-state index is 5.61. The van der Waals surface area contributed by atoms with Gasteiger partial charge in [0.15, 0.2) is 0 Å². The number of benzene rings is 1. The second kappa shape index (κ2) is 7.85. The fourth-order valence-electron chi connectivity index (χ4n) is 1.84. The van der Waals surface area contributed by atoms with Crippen molar-refractivity contribution in [3.63, 3.8) is 0 Å². The van der Waals surface area contributed by atoms with E-state index in [1.54, 1.807) is 0 Å². The summed E-state index contributed by atoms with van der Waals surface area (Å²) in [6.45, 7) is 3.07. The van der Waals surface area contributed by atoms with Gasteiger partial charge in [-0.15, -0.1) is 0 Å². The molecular weight excluding hydrogens is 224 g/mol. The molecule has 96 valence electrons. The molecule has 0 N–H and O–H groups in total. The van der Waals surface area contributed by atoms with Crippen molar-refractivity contribution >= 4 is 0 Å². The van der Waals surface area contributed by atoms with Gasteiger partial charge in [0.25, 0.3) is 0 Å². The molecule has 0 radical (unpaired) electrons. The predicted octanol–water partition coefficient (Wildman–Crippen LogP) is 3.50. The van der Waals surface area contributed by atoms with E-state index < -0.39 is 0 Å². The molecule has 0 amide bonds. The van der Waals surface area contributed by atoms with Crippen molar-refractivity contribution in [1.29, 1.82) is 0 Å². The molecule has 1 heterocycles. The molecule has 0 aromatic heterocycles. The Hall–Kier alpha value is -1.38. The Morgan fingerprint density at radius 1 is 1.22 bits per heavy atom. The molecule has 18 heavy (non-hydrogen) atoms. The molecule has 0 saturated carbocycles. The molecule has 0 unspecified atom stereocenters. The lowest BCUT2D eigenvalue weighted by molar-refractivity contribution is 0.125. The number of ether oxygens (including phenoxy) is 2. The zero-order valence-electron chi connectivity index (χ0n) is 10.7. The molecule has 2 rings (SSSR count). The molecule has 1 aliphatic rings. The van der Waals surface area contributed by atoms with Gasteiger partial charge in [-0.3, -0.25) is 0 Å². The van der Waals surface area contributed by atoms with Crippen LogP contribution in [0.3, 0.4) is 0 Å². The van der Waals surface area contributed by atoms with Gasteiger partial charge in [-0.2, -0.15) is 0 Å². The molecule has 0 bridgehead atoms. The van der Waals surface area contributed by atoms with Crippen LogP contribution in [-0.2, 0) is 16.1 Å². The first kappa shape index (κ1) is 13.1. The zero-order chi connectivity index (χ0) is 12.5. The van der Waals surface area contributed by atoms with E-state index in [4.69, 9.17) is 9.47 Å². The normalized spacial score (nSPS) is 15.9. The van der Waals surface area contributed by atoms with E-state index in [0.717, 1.165) is 32.7 Å². The highest BCUT2D eigenvalue weighted by Gasteiger charge is 1.98. The summed E-state index contributed by atoms with van der Waals surface area (Å²) in [7, 11) is 0. The van der Waals surface area contributed by atoms with Gasteiger partial charge in [-0.25, -0.2) is 0 Å². The third kappa shape index (κ3) is 4.86. The summed E-state index contributed by atoms with van der Waals surface area (Å²) in [5, 5.41) is 0. The average molecular weight is 244 g/mol. The zero-order valence-corrected chi connectivity index (χ0v) is 10.7. The van der Waals surface area contributed by atoms with Gasteiger partial charge in [0.1, 0.15) is 0 Å². The molecule has 0 fully saturated rings. The maximum absolute atomic E-state index is 5.61. The summed E-state index contributed by atoms with van der Waals surface area (Å²) in [5.74, 6) is 0. The smallest absolute Gasteiger partial charge is 0.0717 e. The largest absolute Gasteiger partial charge is 0.376 e. The number of rotatable bonds is 6. The first-order valence-corrected chi connectivity index (χ1v) is 6.50. The van der Waals surface area contributed by atoms with Crippen molar-refractivity contribution in [3.05, 3.63) is 59.7 Å².